The Hall–Kier alpha value is -2.41. The van der Waals surface area contributed by atoms with Crippen molar-refractivity contribution in [2.24, 2.45) is 0 Å². The summed E-state index contributed by atoms with van der Waals surface area (Å²) in [7, 11) is -3.94. The summed E-state index contributed by atoms with van der Waals surface area (Å²) >= 11 is 0. The fourth-order valence-corrected chi connectivity index (χ4v) is 4.62. The number of rotatable bonds is 7. The van der Waals surface area contributed by atoms with Crippen LogP contribution in [-0.4, -0.2) is 81.9 Å². The Balaban J connectivity index is 1.67. The number of carbonyl (C=O) groups excluding carboxylic acids is 2. The number of ether oxygens (including phenoxy) is 3. The zero-order valence-corrected chi connectivity index (χ0v) is 17.2. The molecule has 11 nitrogen and oxygen atoms in total. The first kappa shape index (κ1) is 22.3. The standard InChI is InChI=1S/C18H25N3O8S/c22-7-1-5-19-17(23)18(24)20-12-16-21(6-2-8-29-16)30(25,26)13-3-4-14-15(11-13)28-10-9-27-14/h3-4,11,16,22H,1-2,5-10,12H2,(H,19,23)(H,20,24)/t16-/m1/s1. The van der Waals surface area contributed by atoms with E-state index in [-0.39, 0.29) is 31.1 Å². The highest BCUT2D eigenvalue weighted by Gasteiger charge is 2.35. The molecule has 2 aliphatic heterocycles. The summed E-state index contributed by atoms with van der Waals surface area (Å²) in [6.45, 7) is 1.14. The molecule has 0 aliphatic carbocycles. The first-order valence-corrected chi connectivity index (χ1v) is 11.1. The molecule has 1 aromatic rings. The van der Waals surface area contributed by atoms with E-state index >= 15 is 0 Å². The number of sulfonamides is 1. The van der Waals surface area contributed by atoms with Crippen LogP contribution in [0.5, 0.6) is 11.5 Å². The van der Waals surface area contributed by atoms with Crippen molar-refractivity contribution in [3.05, 3.63) is 18.2 Å². The third-order valence-electron chi connectivity index (χ3n) is 4.54. The van der Waals surface area contributed by atoms with Crippen molar-refractivity contribution >= 4 is 21.8 Å². The summed E-state index contributed by atoms with van der Waals surface area (Å²) < 4.78 is 43.9. The van der Waals surface area contributed by atoms with Crippen molar-refractivity contribution in [1.82, 2.24) is 14.9 Å². The molecule has 0 unspecified atom stereocenters. The zero-order valence-electron chi connectivity index (χ0n) is 16.3. The Kier molecular flexibility index (Phi) is 7.48. The first-order valence-electron chi connectivity index (χ1n) is 9.63. The Labute approximate surface area is 174 Å². The highest BCUT2D eigenvalue weighted by molar-refractivity contribution is 7.89. The number of nitrogens with one attached hydrogen (secondary N) is 2. The second-order valence-corrected chi connectivity index (χ2v) is 8.53. The molecule has 30 heavy (non-hydrogen) atoms. The van der Waals surface area contributed by atoms with Gasteiger partial charge >= 0.3 is 11.8 Å². The second kappa shape index (κ2) is 10.1. The van der Waals surface area contributed by atoms with E-state index in [2.05, 4.69) is 10.6 Å². The lowest BCUT2D eigenvalue weighted by Gasteiger charge is -2.34. The van der Waals surface area contributed by atoms with Gasteiger partial charge in [0.05, 0.1) is 18.0 Å². The number of nitrogens with zero attached hydrogens (tertiary/aromatic N) is 1. The van der Waals surface area contributed by atoms with Crippen molar-refractivity contribution < 1.29 is 37.3 Å². The van der Waals surface area contributed by atoms with Crippen LogP contribution in [-0.2, 0) is 24.3 Å². The second-order valence-electron chi connectivity index (χ2n) is 6.64. The predicted molar refractivity (Wildman–Crippen MR) is 103 cm³/mol. The number of fused-ring (bicyclic) bond motifs is 1. The molecule has 166 valence electrons. The van der Waals surface area contributed by atoms with E-state index in [1.165, 1.54) is 12.1 Å². The van der Waals surface area contributed by atoms with Crippen LogP contribution in [0.2, 0.25) is 0 Å². The molecular formula is C18H25N3O8S. The molecule has 2 heterocycles. The van der Waals surface area contributed by atoms with Gasteiger partial charge < -0.3 is 30.0 Å². The molecular weight excluding hydrogens is 418 g/mol. The van der Waals surface area contributed by atoms with E-state index in [4.69, 9.17) is 19.3 Å². The van der Waals surface area contributed by atoms with Crippen LogP contribution < -0.4 is 20.1 Å². The van der Waals surface area contributed by atoms with Gasteiger partial charge in [-0.1, -0.05) is 0 Å². The highest BCUT2D eigenvalue weighted by atomic mass is 32.2. The molecule has 0 bridgehead atoms. The van der Waals surface area contributed by atoms with Crippen molar-refractivity contribution in [2.75, 3.05) is 46.1 Å². The maximum absolute atomic E-state index is 13.2. The van der Waals surface area contributed by atoms with E-state index in [1.54, 1.807) is 6.07 Å². The van der Waals surface area contributed by atoms with Gasteiger partial charge in [-0.3, -0.25) is 9.59 Å². The third-order valence-corrected chi connectivity index (χ3v) is 6.42. The number of aliphatic hydroxyl groups excluding tert-OH is 1. The van der Waals surface area contributed by atoms with Gasteiger partial charge in [-0.2, -0.15) is 4.31 Å². The van der Waals surface area contributed by atoms with Crippen molar-refractivity contribution in [1.29, 1.82) is 0 Å². The fraction of sp³-hybridized carbons (Fsp3) is 0.556. The Bertz CT molecular complexity index is 876. The fourth-order valence-electron chi connectivity index (χ4n) is 3.04. The van der Waals surface area contributed by atoms with Crippen LogP contribution in [0.1, 0.15) is 12.8 Å². The summed E-state index contributed by atoms with van der Waals surface area (Å²) in [5.74, 6) is -0.935. The molecule has 2 amide bonds. The molecule has 2 aliphatic rings. The Morgan fingerprint density at radius 1 is 1.10 bits per heavy atom. The maximum Gasteiger partial charge on any atom is 0.309 e. The summed E-state index contributed by atoms with van der Waals surface area (Å²) in [6, 6.07) is 4.38. The molecule has 0 spiro atoms. The summed E-state index contributed by atoms with van der Waals surface area (Å²) in [4.78, 5) is 23.7. The van der Waals surface area contributed by atoms with Gasteiger partial charge in [0.25, 0.3) is 0 Å². The van der Waals surface area contributed by atoms with Crippen LogP contribution in [0, 0.1) is 0 Å². The quantitative estimate of drug-likeness (QED) is 0.353. The lowest BCUT2D eigenvalue weighted by atomic mass is 10.3. The van der Waals surface area contributed by atoms with Crippen LogP contribution in [0.4, 0.5) is 0 Å². The van der Waals surface area contributed by atoms with Crippen LogP contribution in [0.25, 0.3) is 0 Å². The number of benzene rings is 1. The van der Waals surface area contributed by atoms with E-state index < -0.39 is 28.1 Å². The molecule has 3 N–H and O–H groups in total. The van der Waals surface area contributed by atoms with Gasteiger partial charge in [-0.15, -0.1) is 0 Å². The largest absolute Gasteiger partial charge is 0.486 e. The molecule has 3 rings (SSSR count). The van der Waals surface area contributed by atoms with E-state index in [0.717, 1.165) is 4.31 Å². The lowest BCUT2D eigenvalue weighted by molar-refractivity contribution is -0.140. The zero-order chi connectivity index (χ0) is 21.6. The van der Waals surface area contributed by atoms with E-state index in [9.17, 15) is 18.0 Å². The number of aliphatic hydroxyl groups is 1. The molecule has 1 saturated heterocycles. The van der Waals surface area contributed by atoms with Crippen LogP contribution in [0.3, 0.4) is 0 Å². The first-order chi connectivity index (χ1) is 14.4. The van der Waals surface area contributed by atoms with Gasteiger partial charge in [0, 0.05) is 25.8 Å². The molecule has 0 radical (unpaired) electrons. The number of amides is 2. The van der Waals surface area contributed by atoms with Gasteiger partial charge in [0.15, 0.2) is 11.5 Å². The molecule has 1 atom stereocenters. The van der Waals surface area contributed by atoms with Crippen molar-refractivity contribution in [3.63, 3.8) is 0 Å². The number of carbonyl (C=O) groups is 2. The molecule has 0 saturated carbocycles. The van der Waals surface area contributed by atoms with Gasteiger partial charge in [0.2, 0.25) is 10.0 Å². The summed E-state index contributed by atoms with van der Waals surface area (Å²) in [6.07, 6.45) is -0.131. The normalized spacial score (nSPS) is 19.2. The van der Waals surface area contributed by atoms with Gasteiger partial charge in [-0.05, 0) is 25.0 Å². The van der Waals surface area contributed by atoms with Gasteiger partial charge in [0.1, 0.15) is 19.4 Å². The van der Waals surface area contributed by atoms with Gasteiger partial charge in [-0.25, -0.2) is 8.42 Å². The minimum absolute atomic E-state index is 0.0234. The highest BCUT2D eigenvalue weighted by Crippen LogP contribution is 2.34. The molecule has 1 aromatic carbocycles. The topological polar surface area (TPSA) is 143 Å². The average molecular weight is 443 g/mol. The summed E-state index contributed by atoms with van der Waals surface area (Å²) in [5, 5.41) is 13.5. The number of hydrogen-bond acceptors (Lipinski definition) is 8. The van der Waals surface area contributed by atoms with Crippen LogP contribution in [0.15, 0.2) is 23.1 Å². The van der Waals surface area contributed by atoms with Crippen molar-refractivity contribution in [3.8, 4) is 11.5 Å². The Morgan fingerprint density at radius 2 is 1.83 bits per heavy atom. The monoisotopic (exact) mass is 443 g/mol. The van der Waals surface area contributed by atoms with E-state index in [1.807, 2.05) is 0 Å². The number of hydrogen-bond donors (Lipinski definition) is 3. The smallest absolute Gasteiger partial charge is 0.309 e. The van der Waals surface area contributed by atoms with Crippen molar-refractivity contribution in [2.45, 2.75) is 24.0 Å². The maximum atomic E-state index is 13.2. The third kappa shape index (κ3) is 5.19. The minimum atomic E-state index is -3.94. The molecule has 1 fully saturated rings. The minimum Gasteiger partial charge on any atom is -0.486 e. The lowest BCUT2D eigenvalue weighted by Crippen LogP contribution is -2.53. The molecule has 12 heteroatoms. The Morgan fingerprint density at radius 3 is 2.60 bits per heavy atom. The predicted octanol–water partition coefficient (Wildman–Crippen LogP) is -1.19. The van der Waals surface area contributed by atoms with E-state index in [0.29, 0.717) is 44.2 Å². The average Bonchev–Trinajstić information content (AvgIpc) is 2.77. The van der Waals surface area contributed by atoms with Crippen LogP contribution >= 0.6 is 0 Å². The molecule has 0 aromatic heterocycles. The summed E-state index contributed by atoms with van der Waals surface area (Å²) in [5.41, 5.74) is 0. The SMILES string of the molecule is O=C(NCCCO)C(=O)NC[C@H]1OCCCN1S(=O)(=O)c1ccc2c(c1)OCCO2.